The molecule has 1 amide bonds. The fraction of sp³-hybridized carbons (Fsp3) is 0.714. The summed E-state index contributed by atoms with van der Waals surface area (Å²) < 4.78 is 0. The summed E-state index contributed by atoms with van der Waals surface area (Å²) in [6.07, 6.45) is 0.595. The molecule has 2 atom stereocenters. The van der Waals surface area contributed by atoms with Crippen LogP contribution in [0.1, 0.15) is 12.8 Å². The van der Waals surface area contributed by atoms with Crippen molar-refractivity contribution in [3.63, 3.8) is 0 Å². The second-order valence-corrected chi connectivity index (χ2v) is 3.06. The molecule has 1 fully saturated rings. The summed E-state index contributed by atoms with van der Waals surface area (Å²) in [5.41, 5.74) is 5.50. The van der Waals surface area contributed by atoms with E-state index < -0.39 is 12.0 Å². The average Bonchev–Trinajstić information content (AvgIpc) is 1.96. The molecule has 68 valence electrons. The minimum absolute atomic E-state index is 0.193. The van der Waals surface area contributed by atoms with Gasteiger partial charge in [-0.1, -0.05) is 0 Å². The fourth-order valence-corrected chi connectivity index (χ4v) is 1.34. The zero-order valence-electron chi connectivity index (χ0n) is 6.86. The molecule has 1 heterocycles. The Hall–Kier alpha value is -1.10. The van der Waals surface area contributed by atoms with Crippen molar-refractivity contribution < 1.29 is 14.7 Å². The van der Waals surface area contributed by atoms with Crippen molar-refractivity contribution >= 4 is 11.9 Å². The predicted molar refractivity (Wildman–Crippen MR) is 41.4 cm³/mol. The Morgan fingerprint density at radius 2 is 2.33 bits per heavy atom. The summed E-state index contributed by atoms with van der Waals surface area (Å²) >= 11 is 0. The second kappa shape index (κ2) is 3.10. The Bertz CT molecular complexity index is 217. The Kier molecular flexibility index (Phi) is 2.32. The van der Waals surface area contributed by atoms with Gasteiger partial charge >= 0.3 is 5.97 Å². The molecule has 1 aliphatic rings. The Balaban J connectivity index is 2.73. The number of hydrogen-bond acceptors (Lipinski definition) is 3. The van der Waals surface area contributed by atoms with Gasteiger partial charge in [0.2, 0.25) is 5.91 Å². The first-order valence-electron chi connectivity index (χ1n) is 3.76. The van der Waals surface area contributed by atoms with Crippen molar-refractivity contribution in [3.05, 3.63) is 0 Å². The predicted octanol–water partition coefficient (Wildman–Crippen LogP) is -0.981. The van der Waals surface area contributed by atoms with Crippen molar-refractivity contribution in [1.82, 2.24) is 4.90 Å². The number of carbonyl (C=O) groups is 2. The summed E-state index contributed by atoms with van der Waals surface area (Å²) in [5, 5.41) is 8.69. The van der Waals surface area contributed by atoms with Gasteiger partial charge in [0.1, 0.15) is 6.04 Å². The van der Waals surface area contributed by atoms with Gasteiger partial charge in [-0.25, -0.2) is 4.79 Å². The van der Waals surface area contributed by atoms with Crippen LogP contribution in [0.4, 0.5) is 0 Å². The normalized spacial score (nSPS) is 30.5. The van der Waals surface area contributed by atoms with Crippen molar-refractivity contribution in [3.8, 4) is 0 Å². The van der Waals surface area contributed by atoms with Crippen molar-refractivity contribution in [2.24, 2.45) is 5.73 Å². The smallest absolute Gasteiger partial charge is 0.326 e. The molecule has 0 radical (unpaired) electrons. The number of carboxylic acid groups (broad SMARTS) is 1. The SMILES string of the molecule is CN1C(=O)CC(N)CC1C(=O)O. The summed E-state index contributed by atoms with van der Waals surface area (Å²) in [7, 11) is 1.49. The van der Waals surface area contributed by atoms with Crippen LogP contribution in [-0.4, -0.2) is 41.0 Å². The highest BCUT2D eigenvalue weighted by molar-refractivity contribution is 5.85. The van der Waals surface area contributed by atoms with Crippen LogP contribution in [0.3, 0.4) is 0 Å². The molecule has 0 aromatic heterocycles. The zero-order valence-corrected chi connectivity index (χ0v) is 6.86. The van der Waals surface area contributed by atoms with E-state index in [1.807, 2.05) is 0 Å². The Morgan fingerprint density at radius 3 is 2.83 bits per heavy atom. The van der Waals surface area contributed by atoms with Crippen LogP contribution < -0.4 is 5.73 Å². The van der Waals surface area contributed by atoms with Gasteiger partial charge in [-0.3, -0.25) is 4.79 Å². The summed E-state index contributed by atoms with van der Waals surface area (Å²) in [6.45, 7) is 0. The first-order valence-corrected chi connectivity index (χ1v) is 3.76. The lowest BCUT2D eigenvalue weighted by Gasteiger charge is -2.32. The molecular formula is C7H12N2O3. The highest BCUT2D eigenvalue weighted by atomic mass is 16.4. The van der Waals surface area contributed by atoms with Gasteiger partial charge in [0.15, 0.2) is 0 Å². The Morgan fingerprint density at radius 1 is 1.75 bits per heavy atom. The minimum Gasteiger partial charge on any atom is -0.480 e. The number of nitrogens with two attached hydrogens (primary N) is 1. The molecule has 0 bridgehead atoms. The largest absolute Gasteiger partial charge is 0.480 e. The lowest BCUT2D eigenvalue weighted by atomic mass is 9.98. The summed E-state index contributed by atoms with van der Waals surface area (Å²) in [5.74, 6) is -1.18. The van der Waals surface area contributed by atoms with E-state index in [2.05, 4.69) is 0 Å². The van der Waals surface area contributed by atoms with E-state index in [9.17, 15) is 9.59 Å². The van der Waals surface area contributed by atoms with Crippen LogP contribution in [0.25, 0.3) is 0 Å². The molecule has 0 aliphatic carbocycles. The zero-order chi connectivity index (χ0) is 9.30. The van der Waals surface area contributed by atoms with Crippen LogP contribution >= 0.6 is 0 Å². The maximum atomic E-state index is 11.1. The molecule has 0 saturated carbocycles. The van der Waals surface area contributed by atoms with E-state index in [1.165, 1.54) is 11.9 Å². The van der Waals surface area contributed by atoms with Gasteiger partial charge in [-0.15, -0.1) is 0 Å². The number of hydrogen-bond donors (Lipinski definition) is 2. The first-order chi connectivity index (χ1) is 5.52. The summed E-state index contributed by atoms with van der Waals surface area (Å²) in [4.78, 5) is 23.0. The Labute approximate surface area is 70.1 Å². The van der Waals surface area contributed by atoms with E-state index >= 15 is 0 Å². The molecule has 1 aliphatic heterocycles. The standard InChI is InChI=1S/C7H12N2O3/c1-9-5(7(11)12)2-4(8)3-6(9)10/h4-5H,2-3,8H2,1H3,(H,11,12). The van der Waals surface area contributed by atoms with Crippen molar-refractivity contribution in [1.29, 1.82) is 0 Å². The van der Waals surface area contributed by atoms with E-state index in [1.54, 1.807) is 0 Å². The number of likely N-dealkylation sites (tertiary alicyclic amines) is 1. The third-order valence-electron chi connectivity index (χ3n) is 2.11. The molecule has 5 heteroatoms. The number of carboxylic acids is 1. The van der Waals surface area contributed by atoms with Gasteiger partial charge in [-0.05, 0) is 6.42 Å². The highest BCUT2D eigenvalue weighted by Gasteiger charge is 2.33. The third-order valence-corrected chi connectivity index (χ3v) is 2.11. The van der Waals surface area contributed by atoms with Gasteiger partial charge in [0, 0.05) is 19.5 Å². The maximum absolute atomic E-state index is 11.1. The molecule has 1 rings (SSSR count). The average molecular weight is 172 g/mol. The van der Waals surface area contributed by atoms with Crippen molar-refractivity contribution in [2.75, 3.05) is 7.05 Å². The van der Waals surface area contributed by atoms with Crippen LogP contribution in [0.15, 0.2) is 0 Å². The van der Waals surface area contributed by atoms with Gasteiger partial charge in [0.25, 0.3) is 0 Å². The first kappa shape index (κ1) is 8.99. The van der Waals surface area contributed by atoms with Crippen LogP contribution in [0.2, 0.25) is 0 Å². The second-order valence-electron chi connectivity index (χ2n) is 3.06. The minimum atomic E-state index is -0.985. The van der Waals surface area contributed by atoms with Crippen LogP contribution in [0, 0.1) is 0 Å². The quantitative estimate of drug-likeness (QED) is 0.532. The molecule has 2 unspecified atom stereocenters. The number of piperidine rings is 1. The third kappa shape index (κ3) is 1.55. The van der Waals surface area contributed by atoms with E-state index in [0.717, 1.165) is 0 Å². The molecule has 5 nitrogen and oxygen atoms in total. The number of likely N-dealkylation sites (N-methyl/N-ethyl adjacent to an activating group) is 1. The van der Waals surface area contributed by atoms with E-state index in [-0.39, 0.29) is 18.4 Å². The fourth-order valence-electron chi connectivity index (χ4n) is 1.34. The molecule has 3 N–H and O–H groups in total. The molecule has 12 heavy (non-hydrogen) atoms. The van der Waals surface area contributed by atoms with Crippen LogP contribution in [0.5, 0.6) is 0 Å². The lowest BCUT2D eigenvalue weighted by Crippen LogP contribution is -2.51. The number of amides is 1. The van der Waals surface area contributed by atoms with E-state index in [0.29, 0.717) is 6.42 Å². The molecule has 0 aromatic carbocycles. The van der Waals surface area contributed by atoms with E-state index in [4.69, 9.17) is 10.8 Å². The van der Waals surface area contributed by atoms with Crippen molar-refractivity contribution in [2.45, 2.75) is 24.9 Å². The van der Waals surface area contributed by atoms with Gasteiger partial charge in [-0.2, -0.15) is 0 Å². The summed E-state index contributed by atoms with van der Waals surface area (Å²) in [6, 6.07) is -1.06. The maximum Gasteiger partial charge on any atom is 0.326 e. The number of rotatable bonds is 1. The van der Waals surface area contributed by atoms with Gasteiger partial charge < -0.3 is 15.7 Å². The number of aliphatic carboxylic acids is 1. The number of carbonyl (C=O) groups excluding carboxylic acids is 1. The van der Waals surface area contributed by atoms with Crippen LogP contribution in [-0.2, 0) is 9.59 Å². The monoisotopic (exact) mass is 172 g/mol. The highest BCUT2D eigenvalue weighted by Crippen LogP contribution is 2.15. The molecule has 0 aromatic rings. The molecule has 0 spiro atoms. The topological polar surface area (TPSA) is 83.6 Å². The lowest BCUT2D eigenvalue weighted by molar-refractivity contribution is -0.152. The number of nitrogens with zero attached hydrogens (tertiary/aromatic N) is 1. The molecule has 1 saturated heterocycles. The molecular weight excluding hydrogens is 160 g/mol. The van der Waals surface area contributed by atoms with Gasteiger partial charge in [0.05, 0.1) is 0 Å².